The van der Waals surface area contributed by atoms with Crippen molar-refractivity contribution in [1.82, 2.24) is 0 Å². The Labute approximate surface area is 121 Å². The molecule has 98 valence electrons. The van der Waals surface area contributed by atoms with E-state index in [4.69, 9.17) is 23.2 Å². The molecule has 0 aliphatic rings. The Bertz CT molecular complexity index is 591. The van der Waals surface area contributed by atoms with Crippen LogP contribution in [0.1, 0.15) is 22.3 Å². The number of carbonyl (C=O) groups is 1. The molecule has 4 heteroatoms. The Kier molecular flexibility index (Phi) is 4.56. The SMILES string of the molecule is O=C(CCc1cc(F)cc(Cl)c1)c1cccc(Cl)c1. The maximum absolute atomic E-state index is 13.1. The Balaban J connectivity index is 2.04. The molecular weight excluding hydrogens is 286 g/mol. The predicted octanol–water partition coefficient (Wildman–Crippen LogP) is 4.95. The summed E-state index contributed by atoms with van der Waals surface area (Å²) >= 11 is 11.6. The molecule has 0 spiro atoms. The Morgan fingerprint density at radius 3 is 2.53 bits per heavy atom. The second-order valence-electron chi connectivity index (χ2n) is 4.21. The fraction of sp³-hybridized carbons (Fsp3) is 0.133. The maximum Gasteiger partial charge on any atom is 0.163 e. The fourth-order valence-electron chi connectivity index (χ4n) is 1.82. The van der Waals surface area contributed by atoms with Crippen LogP contribution in [0.15, 0.2) is 42.5 Å². The van der Waals surface area contributed by atoms with Gasteiger partial charge in [-0.25, -0.2) is 4.39 Å². The molecule has 0 heterocycles. The van der Waals surface area contributed by atoms with Gasteiger partial charge in [0.2, 0.25) is 0 Å². The molecule has 0 radical (unpaired) electrons. The van der Waals surface area contributed by atoms with Gasteiger partial charge >= 0.3 is 0 Å². The summed E-state index contributed by atoms with van der Waals surface area (Å²) in [5.41, 5.74) is 1.27. The molecule has 0 bridgehead atoms. The van der Waals surface area contributed by atoms with Crippen molar-refractivity contribution < 1.29 is 9.18 Å². The summed E-state index contributed by atoms with van der Waals surface area (Å²) in [6.07, 6.45) is 0.739. The monoisotopic (exact) mass is 296 g/mol. The third kappa shape index (κ3) is 4.05. The van der Waals surface area contributed by atoms with E-state index in [-0.39, 0.29) is 5.78 Å². The molecule has 0 aromatic heterocycles. The van der Waals surface area contributed by atoms with Gasteiger partial charge in [0.15, 0.2) is 5.78 Å². The lowest BCUT2D eigenvalue weighted by Gasteiger charge is -2.03. The number of halogens is 3. The summed E-state index contributed by atoms with van der Waals surface area (Å²) < 4.78 is 13.1. The van der Waals surface area contributed by atoms with E-state index in [2.05, 4.69) is 0 Å². The number of benzene rings is 2. The molecule has 0 aliphatic carbocycles. The highest BCUT2D eigenvalue weighted by molar-refractivity contribution is 6.31. The molecule has 0 unspecified atom stereocenters. The number of hydrogen-bond acceptors (Lipinski definition) is 1. The summed E-state index contributed by atoms with van der Waals surface area (Å²) in [5, 5.41) is 0.866. The molecule has 1 nitrogen and oxygen atoms in total. The van der Waals surface area contributed by atoms with Gasteiger partial charge in [0, 0.05) is 22.0 Å². The van der Waals surface area contributed by atoms with Crippen LogP contribution in [0.5, 0.6) is 0 Å². The second kappa shape index (κ2) is 6.18. The minimum absolute atomic E-state index is 0.0251. The summed E-state index contributed by atoms with van der Waals surface area (Å²) in [6.45, 7) is 0. The van der Waals surface area contributed by atoms with Crippen LogP contribution in [-0.4, -0.2) is 5.78 Å². The molecule has 0 aliphatic heterocycles. The first kappa shape index (κ1) is 14.0. The van der Waals surface area contributed by atoms with Crippen LogP contribution in [0, 0.1) is 5.82 Å². The molecule has 2 aromatic rings. The van der Waals surface area contributed by atoms with Crippen LogP contribution in [0.4, 0.5) is 4.39 Å². The van der Waals surface area contributed by atoms with Crippen molar-refractivity contribution in [2.45, 2.75) is 12.8 Å². The molecule has 0 N–H and O–H groups in total. The van der Waals surface area contributed by atoms with E-state index in [1.54, 1.807) is 30.3 Å². The summed E-state index contributed by atoms with van der Waals surface area (Å²) in [6, 6.07) is 11.1. The van der Waals surface area contributed by atoms with Crippen molar-refractivity contribution in [1.29, 1.82) is 0 Å². The minimum Gasteiger partial charge on any atom is -0.294 e. The van der Waals surface area contributed by atoms with E-state index in [0.717, 1.165) is 0 Å². The Hall–Kier alpha value is -1.38. The number of hydrogen-bond donors (Lipinski definition) is 0. The predicted molar refractivity (Wildman–Crippen MR) is 75.5 cm³/mol. The van der Waals surface area contributed by atoms with E-state index in [0.29, 0.717) is 34.0 Å². The second-order valence-corrected chi connectivity index (χ2v) is 5.08. The zero-order valence-electron chi connectivity index (χ0n) is 10.00. The van der Waals surface area contributed by atoms with E-state index in [9.17, 15) is 9.18 Å². The highest BCUT2D eigenvalue weighted by Crippen LogP contribution is 2.17. The van der Waals surface area contributed by atoms with Crippen molar-refractivity contribution in [2.75, 3.05) is 0 Å². The average molecular weight is 297 g/mol. The van der Waals surface area contributed by atoms with Gasteiger partial charge in [0.1, 0.15) is 5.82 Å². The molecule has 19 heavy (non-hydrogen) atoms. The lowest BCUT2D eigenvalue weighted by atomic mass is 10.0. The topological polar surface area (TPSA) is 17.1 Å². The first-order valence-corrected chi connectivity index (χ1v) is 6.54. The van der Waals surface area contributed by atoms with E-state index in [1.807, 2.05) is 0 Å². The maximum atomic E-state index is 13.1. The molecule has 0 saturated carbocycles. The zero-order valence-corrected chi connectivity index (χ0v) is 11.5. The number of aryl methyl sites for hydroxylation is 1. The van der Waals surface area contributed by atoms with Crippen molar-refractivity contribution in [3.8, 4) is 0 Å². The third-order valence-corrected chi connectivity index (χ3v) is 3.16. The van der Waals surface area contributed by atoms with E-state index < -0.39 is 5.82 Å². The van der Waals surface area contributed by atoms with Crippen molar-refractivity contribution >= 4 is 29.0 Å². The largest absolute Gasteiger partial charge is 0.294 e. The van der Waals surface area contributed by atoms with Crippen LogP contribution >= 0.6 is 23.2 Å². The van der Waals surface area contributed by atoms with Crippen molar-refractivity contribution in [3.63, 3.8) is 0 Å². The van der Waals surface area contributed by atoms with Gasteiger partial charge in [0.05, 0.1) is 0 Å². The molecule has 0 saturated heterocycles. The van der Waals surface area contributed by atoms with Gasteiger partial charge in [-0.3, -0.25) is 4.79 Å². The molecule has 0 atom stereocenters. The first-order valence-electron chi connectivity index (χ1n) is 5.78. The van der Waals surface area contributed by atoms with Crippen LogP contribution in [-0.2, 0) is 6.42 Å². The Morgan fingerprint density at radius 1 is 1.05 bits per heavy atom. The quantitative estimate of drug-likeness (QED) is 0.730. The van der Waals surface area contributed by atoms with Crippen LogP contribution in [0.2, 0.25) is 10.0 Å². The van der Waals surface area contributed by atoms with Crippen molar-refractivity contribution in [2.24, 2.45) is 0 Å². The van der Waals surface area contributed by atoms with Gasteiger partial charge in [-0.1, -0.05) is 35.3 Å². The van der Waals surface area contributed by atoms with Crippen LogP contribution in [0.3, 0.4) is 0 Å². The lowest BCUT2D eigenvalue weighted by Crippen LogP contribution is -2.01. The normalized spacial score (nSPS) is 10.5. The standard InChI is InChI=1S/C15H11Cl2FO/c16-12-3-1-2-11(8-12)15(19)5-4-10-6-13(17)9-14(18)7-10/h1-3,6-9H,4-5H2. The average Bonchev–Trinajstić information content (AvgIpc) is 2.35. The number of Topliss-reactive ketones (excluding diaryl/α,β-unsaturated/α-hetero) is 1. The van der Waals surface area contributed by atoms with Gasteiger partial charge < -0.3 is 0 Å². The molecule has 0 amide bonds. The highest BCUT2D eigenvalue weighted by Gasteiger charge is 2.07. The van der Waals surface area contributed by atoms with Gasteiger partial charge in [-0.05, 0) is 42.3 Å². The number of carbonyl (C=O) groups excluding carboxylic acids is 1. The Morgan fingerprint density at radius 2 is 1.84 bits per heavy atom. The van der Waals surface area contributed by atoms with Gasteiger partial charge in [-0.2, -0.15) is 0 Å². The van der Waals surface area contributed by atoms with E-state index in [1.165, 1.54) is 12.1 Å². The summed E-state index contributed by atoms with van der Waals surface area (Å²) in [7, 11) is 0. The van der Waals surface area contributed by atoms with Crippen LogP contribution in [0.25, 0.3) is 0 Å². The van der Waals surface area contributed by atoms with Gasteiger partial charge in [-0.15, -0.1) is 0 Å². The number of ketones is 1. The number of rotatable bonds is 4. The molecule has 2 aromatic carbocycles. The van der Waals surface area contributed by atoms with E-state index >= 15 is 0 Å². The smallest absolute Gasteiger partial charge is 0.163 e. The molecule has 2 rings (SSSR count). The molecule has 0 fully saturated rings. The third-order valence-electron chi connectivity index (χ3n) is 2.71. The minimum atomic E-state index is -0.391. The van der Waals surface area contributed by atoms with Crippen molar-refractivity contribution in [3.05, 3.63) is 69.5 Å². The lowest BCUT2D eigenvalue weighted by molar-refractivity contribution is 0.0983. The summed E-state index contributed by atoms with van der Waals surface area (Å²) in [5.74, 6) is -0.416. The highest BCUT2D eigenvalue weighted by atomic mass is 35.5. The van der Waals surface area contributed by atoms with Crippen LogP contribution < -0.4 is 0 Å². The summed E-state index contributed by atoms with van der Waals surface area (Å²) in [4.78, 5) is 12.0. The molecular formula is C15H11Cl2FO. The first-order chi connectivity index (χ1) is 9.04. The zero-order chi connectivity index (χ0) is 13.8. The fourth-order valence-corrected chi connectivity index (χ4v) is 2.25. The van der Waals surface area contributed by atoms with Gasteiger partial charge in [0.25, 0.3) is 0 Å².